The van der Waals surface area contributed by atoms with E-state index in [4.69, 9.17) is 4.74 Å². The Labute approximate surface area is 173 Å². The van der Waals surface area contributed by atoms with Crippen LogP contribution < -0.4 is 4.74 Å². The molecule has 1 heterocycles. The minimum Gasteiger partial charge on any atom is -0.478 e. The highest BCUT2D eigenvalue weighted by atomic mass is 19.1. The van der Waals surface area contributed by atoms with Crippen LogP contribution >= 0.6 is 0 Å². The maximum Gasteiger partial charge on any atom is 0.332 e. The van der Waals surface area contributed by atoms with E-state index >= 15 is 0 Å². The molecule has 5 rings (SSSR count). The van der Waals surface area contributed by atoms with Crippen LogP contribution in [0.5, 0.6) is 5.88 Å². The molecule has 4 nitrogen and oxygen atoms in total. The van der Waals surface area contributed by atoms with Gasteiger partial charge in [0.05, 0.1) is 0 Å². The number of carbonyl (C=O) groups is 1. The highest BCUT2D eigenvalue weighted by molar-refractivity contribution is 6.11. The number of aliphatic carboxylic acids is 1. The number of halogens is 1. The number of hydrogen-bond acceptors (Lipinski definition) is 3. The molecule has 1 atom stereocenters. The number of carboxylic acids is 1. The highest BCUT2D eigenvalue weighted by Crippen LogP contribution is 2.55. The predicted octanol–water partition coefficient (Wildman–Crippen LogP) is 5.11. The van der Waals surface area contributed by atoms with Gasteiger partial charge in [-0.15, -0.1) is 0 Å². The molecule has 30 heavy (non-hydrogen) atoms. The quantitative estimate of drug-likeness (QED) is 0.646. The van der Waals surface area contributed by atoms with Crippen LogP contribution in [0.2, 0.25) is 0 Å². The molecule has 3 aromatic rings. The van der Waals surface area contributed by atoms with Crippen LogP contribution in [0, 0.1) is 25.6 Å². The van der Waals surface area contributed by atoms with Crippen LogP contribution in [0.4, 0.5) is 4.39 Å². The van der Waals surface area contributed by atoms with Gasteiger partial charge < -0.3 is 9.84 Å². The molecule has 5 heteroatoms. The first kappa shape index (κ1) is 18.6. The highest BCUT2D eigenvalue weighted by Gasteiger charge is 2.47. The van der Waals surface area contributed by atoms with E-state index < -0.39 is 5.97 Å². The van der Waals surface area contributed by atoms with E-state index in [2.05, 4.69) is 4.98 Å². The summed E-state index contributed by atoms with van der Waals surface area (Å²) in [5.41, 5.74) is 8.15. The average molecular weight is 401 g/mol. The average Bonchev–Trinajstić information content (AvgIpc) is 3.31. The molecular formula is C25H20FNO3. The van der Waals surface area contributed by atoms with E-state index in [1.54, 1.807) is 12.3 Å². The van der Waals surface area contributed by atoms with Crippen molar-refractivity contribution in [2.75, 3.05) is 0 Å². The van der Waals surface area contributed by atoms with Crippen molar-refractivity contribution < 1.29 is 19.0 Å². The molecule has 150 valence electrons. The molecule has 0 fully saturated rings. The number of ether oxygens (including phenoxy) is 1. The Morgan fingerprint density at radius 1 is 1.20 bits per heavy atom. The number of aryl methyl sites for hydroxylation is 2. The molecular weight excluding hydrogens is 381 g/mol. The Bertz CT molecular complexity index is 1220. The lowest BCUT2D eigenvalue weighted by Crippen LogP contribution is -2.02. The van der Waals surface area contributed by atoms with Gasteiger partial charge in [0.25, 0.3) is 0 Å². The number of aromatic nitrogens is 1. The fraction of sp³-hybridized carbons (Fsp3) is 0.200. The first-order valence-corrected chi connectivity index (χ1v) is 9.88. The molecule has 0 saturated heterocycles. The fourth-order valence-electron chi connectivity index (χ4n) is 4.52. The fourth-order valence-corrected chi connectivity index (χ4v) is 4.52. The summed E-state index contributed by atoms with van der Waals surface area (Å²) in [5, 5.41) is 9.18. The zero-order valence-corrected chi connectivity index (χ0v) is 16.7. The van der Waals surface area contributed by atoms with Crippen molar-refractivity contribution in [2.45, 2.75) is 26.9 Å². The van der Waals surface area contributed by atoms with Gasteiger partial charge in [-0.25, -0.2) is 14.2 Å². The molecule has 0 radical (unpaired) electrons. The lowest BCUT2D eigenvalue weighted by atomic mass is 9.94. The molecule has 0 bridgehead atoms. The number of hydrogen-bond donors (Lipinski definition) is 1. The molecule has 0 amide bonds. The summed E-state index contributed by atoms with van der Waals surface area (Å²) in [7, 11) is 0. The first-order chi connectivity index (χ1) is 14.4. The summed E-state index contributed by atoms with van der Waals surface area (Å²) < 4.78 is 20.2. The number of pyridine rings is 1. The summed E-state index contributed by atoms with van der Waals surface area (Å²) >= 11 is 0. The lowest BCUT2D eigenvalue weighted by Gasteiger charge is -2.13. The van der Waals surface area contributed by atoms with Crippen molar-refractivity contribution in [3.8, 4) is 17.0 Å². The zero-order chi connectivity index (χ0) is 21.0. The van der Waals surface area contributed by atoms with Crippen molar-refractivity contribution in [1.82, 2.24) is 4.98 Å². The Kier molecular flexibility index (Phi) is 4.21. The second-order valence-corrected chi connectivity index (χ2v) is 7.93. The predicted molar refractivity (Wildman–Crippen MR) is 112 cm³/mol. The standard InChI is InChI=1S/C25H20FNO3/c1-13-4-3-5-14(2)22(13)15-6-7-20(26)17(8-15)12-30-21-10-16-9-18-23(19(16)11-27-21)24(18)25(28)29/h3-8,10-11,18H,9,12H2,1-2H3,(H,28,29)/t18-/m1/s1. The van der Waals surface area contributed by atoms with Gasteiger partial charge >= 0.3 is 5.97 Å². The third kappa shape index (κ3) is 2.98. The molecule has 1 aromatic heterocycles. The normalized spacial score (nSPS) is 16.3. The lowest BCUT2D eigenvalue weighted by molar-refractivity contribution is -0.132. The Morgan fingerprint density at radius 3 is 2.70 bits per heavy atom. The van der Waals surface area contributed by atoms with Crippen molar-refractivity contribution in [3.05, 3.63) is 87.9 Å². The Balaban J connectivity index is 1.37. The van der Waals surface area contributed by atoms with Gasteiger partial charge in [0, 0.05) is 34.9 Å². The van der Waals surface area contributed by atoms with Crippen molar-refractivity contribution in [2.24, 2.45) is 5.92 Å². The summed E-state index contributed by atoms with van der Waals surface area (Å²) in [5.74, 6) is -0.728. The van der Waals surface area contributed by atoms with Crippen LogP contribution in [0.3, 0.4) is 0 Å². The number of carboxylic acid groups (broad SMARTS) is 1. The van der Waals surface area contributed by atoms with Gasteiger partial charge in [-0.2, -0.15) is 0 Å². The molecule has 0 unspecified atom stereocenters. The molecule has 0 aliphatic heterocycles. The van der Waals surface area contributed by atoms with E-state index in [1.165, 1.54) is 6.07 Å². The van der Waals surface area contributed by atoms with E-state index in [1.807, 2.05) is 44.2 Å². The van der Waals surface area contributed by atoms with Gasteiger partial charge in [-0.3, -0.25) is 0 Å². The zero-order valence-electron chi connectivity index (χ0n) is 16.7. The monoisotopic (exact) mass is 401 g/mol. The van der Waals surface area contributed by atoms with Gasteiger partial charge in [0.15, 0.2) is 0 Å². The second-order valence-electron chi connectivity index (χ2n) is 7.93. The molecule has 2 aromatic carbocycles. The number of allylic oxidation sites excluding steroid dienone is 1. The molecule has 0 spiro atoms. The van der Waals surface area contributed by atoms with E-state index in [0.29, 0.717) is 23.4 Å². The van der Waals surface area contributed by atoms with E-state index in [0.717, 1.165) is 39.0 Å². The number of rotatable bonds is 5. The summed E-state index contributed by atoms with van der Waals surface area (Å²) in [6.45, 7) is 4.17. The Hall–Kier alpha value is -3.47. The van der Waals surface area contributed by atoms with Gasteiger partial charge in [0.2, 0.25) is 5.88 Å². The summed E-state index contributed by atoms with van der Waals surface area (Å²) in [6.07, 6.45) is 2.33. The van der Waals surface area contributed by atoms with Gasteiger partial charge in [0.1, 0.15) is 12.4 Å². The van der Waals surface area contributed by atoms with Crippen LogP contribution in [-0.2, 0) is 17.8 Å². The SMILES string of the molecule is Cc1cccc(C)c1-c1ccc(F)c(COc2cc3c(cn2)C2=C(C(=O)O)[C@@H]2C3)c1. The molecule has 1 N–H and O–H groups in total. The van der Waals surface area contributed by atoms with Crippen molar-refractivity contribution in [1.29, 1.82) is 0 Å². The van der Waals surface area contributed by atoms with Gasteiger partial charge in [-0.1, -0.05) is 24.3 Å². The van der Waals surface area contributed by atoms with Crippen LogP contribution in [0.25, 0.3) is 16.7 Å². The number of nitrogens with zero attached hydrogens (tertiary/aromatic N) is 1. The number of benzene rings is 2. The second kappa shape index (κ2) is 6.80. The molecule has 0 saturated carbocycles. The van der Waals surface area contributed by atoms with Crippen LogP contribution in [0.1, 0.15) is 27.8 Å². The van der Waals surface area contributed by atoms with Crippen molar-refractivity contribution >= 4 is 11.5 Å². The summed E-state index contributed by atoms with van der Waals surface area (Å²) in [6, 6.07) is 13.0. The maximum absolute atomic E-state index is 14.4. The van der Waals surface area contributed by atoms with Crippen molar-refractivity contribution in [3.63, 3.8) is 0 Å². The number of fused-ring (bicyclic) bond motifs is 3. The topological polar surface area (TPSA) is 59.4 Å². The molecule has 2 aliphatic rings. The largest absolute Gasteiger partial charge is 0.478 e. The van der Waals surface area contributed by atoms with Crippen LogP contribution in [0.15, 0.2) is 54.2 Å². The van der Waals surface area contributed by atoms with Crippen LogP contribution in [-0.4, -0.2) is 16.1 Å². The minimum atomic E-state index is -0.847. The summed E-state index contributed by atoms with van der Waals surface area (Å²) in [4.78, 5) is 15.5. The third-order valence-electron chi connectivity index (χ3n) is 6.00. The smallest absolute Gasteiger partial charge is 0.332 e. The minimum absolute atomic E-state index is 0.0148. The van der Waals surface area contributed by atoms with Gasteiger partial charge in [-0.05, 0) is 65.8 Å². The third-order valence-corrected chi connectivity index (χ3v) is 6.00. The molecule has 2 aliphatic carbocycles. The van der Waals surface area contributed by atoms with E-state index in [-0.39, 0.29) is 18.3 Å². The van der Waals surface area contributed by atoms with E-state index in [9.17, 15) is 14.3 Å². The first-order valence-electron chi connectivity index (χ1n) is 9.88. The Morgan fingerprint density at radius 2 is 1.97 bits per heavy atom. The maximum atomic E-state index is 14.4.